The van der Waals surface area contributed by atoms with E-state index < -0.39 is 0 Å². The number of nitrogens with one attached hydrogen (secondary N) is 2. The summed E-state index contributed by atoms with van der Waals surface area (Å²) in [7, 11) is 0. The molecule has 1 aliphatic rings. The summed E-state index contributed by atoms with van der Waals surface area (Å²) in [5, 5.41) is 13.5. The second kappa shape index (κ2) is 5.68. The van der Waals surface area contributed by atoms with Crippen molar-refractivity contribution in [2.75, 3.05) is 13.1 Å². The predicted octanol–water partition coefficient (Wildman–Crippen LogP) is 0.0375. The van der Waals surface area contributed by atoms with Crippen LogP contribution in [-0.2, 0) is 6.54 Å². The maximum atomic E-state index is 12.0. The smallest absolute Gasteiger partial charge is 0.325 e. The fourth-order valence-corrected chi connectivity index (χ4v) is 1.84. The van der Waals surface area contributed by atoms with Crippen LogP contribution in [-0.4, -0.2) is 51.1 Å². The number of aromatic nitrogens is 3. The van der Waals surface area contributed by atoms with Crippen LogP contribution in [0, 0.1) is 5.92 Å². The number of hydrogen-bond donors (Lipinski definition) is 2. The van der Waals surface area contributed by atoms with Gasteiger partial charge in [0, 0.05) is 13.1 Å². The number of imide groups is 1. The van der Waals surface area contributed by atoms with Crippen LogP contribution in [0.4, 0.5) is 9.59 Å². The molecule has 1 aromatic heterocycles. The molecule has 0 bridgehead atoms. The Hall–Kier alpha value is -2.12. The molecule has 4 amide bonds. The first-order valence-electron chi connectivity index (χ1n) is 6.28. The lowest BCUT2D eigenvalue weighted by Crippen LogP contribution is -2.49. The largest absolute Gasteiger partial charge is 0.336 e. The number of amides is 4. The van der Waals surface area contributed by atoms with E-state index in [0.29, 0.717) is 19.6 Å². The maximum Gasteiger partial charge on any atom is 0.325 e. The minimum atomic E-state index is -0.374. The van der Waals surface area contributed by atoms with Crippen LogP contribution in [0.15, 0.2) is 12.4 Å². The molecule has 1 fully saturated rings. The van der Waals surface area contributed by atoms with E-state index in [2.05, 4.69) is 20.8 Å². The molecule has 1 saturated heterocycles. The maximum absolute atomic E-state index is 12.0. The SMILES string of the molecule is CC(C)C(Cn1nccn1)NC(=O)N1CCNC1=O. The minimum Gasteiger partial charge on any atom is -0.336 e. The number of rotatable bonds is 4. The van der Waals surface area contributed by atoms with Crippen molar-refractivity contribution >= 4 is 12.1 Å². The van der Waals surface area contributed by atoms with E-state index in [0.717, 1.165) is 0 Å². The Labute approximate surface area is 111 Å². The molecule has 8 heteroatoms. The molecule has 2 rings (SSSR count). The normalized spacial score (nSPS) is 16.6. The van der Waals surface area contributed by atoms with Crippen molar-refractivity contribution in [2.24, 2.45) is 5.92 Å². The lowest BCUT2D eigenvalue weighted by molar-refractivity contribution is 0.190. The molecule has 0 spiro atoms. The highest BCUT2D eigenvalue weighted by Crippen LogP contribution is 2.06. The molecule has 1 aliphatic heterocycles. The highest BCUT2D eigenvalue weighted by molar-refractivity contribution is 5.95. The zero-order chi connectivity index (χ0) is 13.8. The molecule has 104 valence electrons. The van der Waals surface area contributed by atoms with Crippen LogP contribution in [0.25, 0.3) is 0 Å². The fraction of sp³-hybridized carbons (Fsp3) is 0.636. The average Bonchev–Trinajstić information content (AvgIpc) is 2.99. The number of urea groups is 2. The van der Waals surface area contributed by atoms with Gasteiger partial charge < -0.3 is 10.6 Å². The molecule has 0 aliphatic carbocycles. The van der Waals surface area contributed by atoms with Gasteiger partial charge in [0.1, 0.15) is 0 Å². The van der Waals surface area contributed by atoms with Crippen LogP contribution in [0.5, 0.6) is 0 Å². The second-order valence-corrected chi connectivity index (χ2v) is 4.77. The third-order valence-corrected chi connectivity index (χ3v) is 3.04. The van der Waals surface area contributed by atoms with E-state index in [1.807, 2.05) is 13.8 Å². The van der Waals surface area contributed by atoms with E-state index >= 15 is 0 Å². The van der Waals surface area contributed by atoms with Crippen molar-refractivity contribution < 1.29 is 9.59 Å². The van der Waals surface area contributed by atoms with Gasteiger partial charge in [-0.15, -0.1) is 0 Å². The second-order valence-electron chi connectivity index (χ2n) is 4.77. The Morgan fingerprint density at radius 1 is 1.47 bits per heavy atom. The summed E-state index contributed by atoms with van der Waals surface area (Å²) in [5.74, 6) is 0.209. The Morgan fingerprint density at radius 2 is 2.16 bits per heavy atom. The Bertz CT molecular complexity index is 444. The van der Waals surface area contributed by atoms with Crippen molar-refractivity contribution in [1.82, 2.24) is 30.5 Å². The highest BCUT2D eigenvalue weighted by Gasteiger charge is 2.28. The zero-order valence-electron chi connectivity index (χ0n) is 11.0. The third-order valence-electron chi connectivity index (χ3n) is 3.04. The zero-order valence-corrected chi connectivity index (χ0v) is 11.0. The third kappa shape index (κ3) is 3.21. The van der Waals surface area contributed by atoms with Crippen LogP contribution in [0.3, 0.4) is 0 Å². The van der Waals surface area contributed by atoms with Crippen molar-refractivity contribution in [3.63, 3.8) is 0 Å². The molecular weight excluding hydrogens is 248 g/mol. The summed E-state index contributed by atoms with van der Waals surface area (Å²) in [6.45, 7) is 5.37. The predicted molar refractivity (Wildman–Crippen MR) is 67.3 cm³/mol. The van der Waals surface area contributed by atoms with Gasteiger partial charge in [-0.05, 0) is 5.92 Å². The van der Waals surface area contributed by atoms with Crippen LogP contribution < -0.4 is 10.6 Å². The Balaban J connectivity index is 1.96. The number of hydrogen-bond acceptors (Lipinski definition) is 4. The topological polar surface area (TPSA) is 92.2 Å². The lowest BCUT2D eigenvalue weighted by Gasteiger charge is -2.24. The molecule has 2 N–H and O–H groups in total. The summed E-state index contributed by atoms with van der Waals surface area (Å²) >= 11 is 0. The average molecular weight is 266 g/mol. The summed E-state index contributed by atoms with van der Waals surface area (Å²) in [6.07, 6.45) is 3.18. The number of carbonyl (C=O) groups excluding carboxylic acids is 2. The first-order valence-corrected chi connectivity index (χ1v) is 6.28. The van der Waals surface area contributed by atoms with Crippen molar-refractivity contribution in [1.29, 1.82) is 0 Å². The first kappa shape index (κ1) is 13.3. The molecule has 2 heterocycles. The van der Waals surface area contributed by atoms with Gasteiger partial charge in [-0.25, -0.2) is 14.5 Å². The molecule has 19 heavy (non-hydrogen) atoms. The van der Waals surface area contributed by atoms with E-state index in [-0.39, 0.29) is 24.0 Å². The van der Waals surface area contributed by atoms with Gasteiger partial charge >= 0.3 is 12.1 Å². The van der Waals surface area contributed by atoms with Crippen LogP contribution in [0.1, 0.15) is 13.8 Å². The number of nitrogens with zero attached hydrogens (tertiary/aromatic N) is 4. The molecule has 0 radical (unpaired) electrons. The first-order chi connectivity index (χ1) is 9.08. The lowest BCUT2D eigenvalue weighted by atomic mass is 10.1. The molecular formula is C11H18N6O2. The Morgan fingerprint density at radius 3 is 2.68 bits per heavy atom. The molecule has 1 aromatic rings. The van der Waals surface area contributed by atoms with E-state index in [4.69, 9.17) is 0 Å². The Kier molecular flexibility index (Phi) is 3.98. The quantitative estimate of drug-likeness (QED) is 0.804. The van der Waals surface area contributed by atoms with Gasteiger partial charge in [-0.3, -0.25) is 0 Å². The van der Waals surface area contributed by atoms with Gasteiger partial charge in [0.2, 0.25) is 0 Å². The number of carbonyl (C=O) groups is 2. The molecule has 1 unspecified atom stereocenters. The van der Waals surface area contributed by atoms with Crippen molar-refractivity contribution in [2.45, 2.75) is 26.4 Å². The van der Waals surface area contributed by atoms with Gasteiger partial charge in [-0.1, -0.05) is 13.8 Å². The van der Waals surface area contributed by atoms with Gasteiger partial charge in [0.15, 0.2) is 0 Å². The standard InChI is InChI=1S/C11H18N6O2/c1-8(2)9(7-17-13-3-4-14-17)15-11(19)16-6-5-12-10(16)18/h3-4,8-9H,5-7H2,1-2H3,(H,12,18)(H,15,19). The van der Waals surface area contributed by atoms with Gasteiger partial charge in [0.05, 0.1) is 25.0 Å². The molecule has 1 atom stereocenters. The summed E-state index contributed by atoms with van der Waals surface area (Å²) < 4.78 is 0. The van der Waals surface area contributed by atoms with E-state index in [9.17, 15) is 9.59 Å². The minimum absolute atomic E-state index is 0.131. The van der Waals surface area contributed by atoms with Crippen LogP contribution >= 0.6 is 0 Å². The molecule has 8 nitrogen and oxygen atoms in total. The van der Waals surface area contributed by atoms with Crippen LogP contribution in [0.2, 0.25) is 0 Å². The summed E-state index contributed by atoms with van der Waals surface area (Å²) in [4.78, 5) is 26.1. The summed E-state index contributed by atoms with van der Waals surface area (Å²) in [6, 6.07) is -0.855. The highest BCUT2D eigenvalue weighted by atomic mass is 16.2. The molecule has 0 saturated carbocycles. The fourth-order valence-electron chi connectivity index (χ4n) is 1.84. The summed E-state index contributed by atoms with van der Waals surface area (Å²) in [5.41, 5.74) is 0. The van der Waals surface area contributed by atoms with E-state index in [1.165, 1.54) is 9.70 Å². The monoisotopic (exact) mass is 266 g/mol. The van der Waals surface area contributed by atoms with Gasteiger partial charge in [0.25, 0.3) is 0 Å². The van der Waals surface area contributed by atoms with Gasteiger partial charge in [-0.2, -0.15) is 15.0 Å². The van der Waals surface area contributed by atoms with E-state index in [1.54, 1.807) is 12.4 Å². The van der Waals surface area contributed by atoms with Crippen molar-refractivity contribution in [3.8, 4) is 0 Å². The van der Waals surface area contributed by atoms with Crippen molar-refractivity contribution in [3.05, 3.63) is 12.4 Å². The molecule has 0 aromatic carbocycles.